The molecule has 0 atom stereocenters. The molecule has 3 aromatic carbocycles. The highest BCUT2D eigenvalue weighted by Crippen LogP contribution is 2.35. The Morgan fingerprint density at radius 1 is 0.964 bits per heavy atom. The minimum Gasteiger partial charge on any atom is -0.478 e. The lowest BCUT2D eigenvalue weighted by Crippen LogP contribution is -1.96. The molecule has 0 aliphatic carbocycles. The van der Waals surface area contributed by atoms with Crippen molar-refractivity contribution in [2.45, 2.75) is 0 Å². The number of benzene rings is 3. The fraction of sp³-hybridized carbons (Fsp3) is 0. The van der Waals surface area contributed by atoms with Gasteiger partial charge >= 0.3 is 5.97 Å². The van der Waals surface area contributed by atoms with Gasteiger partial charge in [0, 0.05) is 16.0 Å². The van der Waals surface area contributed by atoms with Crippen LogP contribution in [0.15, 0.2) is 65.1 Å². The summed E-state index contributed by atoms with van der Waals surface area (Å²) >= 11 is 6.05. The van der Waals surface area contributed by atoms with Gasteiger partial charge in [0.15, 0.2) is 6.29 Å². The smallest absolute Gasteiger partial charge is 0.335 e. The molecule has 4 aromatic rings. The van der Waals surface area contributed by atoms with E-state index >= 15 is 0 Å². The zero-order chi connectivity index (χ0) is 19.8. The number of carbonyl (C=O) groups is 2. The van der Waals surface area contributed by atoms with Gasteiger partial charge in [0.05, 0.1) is 11.1 Å². The van der Waals surface area contributed by atoms with Crippen molar-refractivity contribution in [3.05, 3.63) is 82.6 Å². The highest BCUT2D eigenvalue weighted by Gasteiger charge is 2.17. The molecule has 0 bridgehead atoms. The number of carbonyl (C=O) groups excluding carboxylic acids is 1. The van der Waals surface area contributed by atoms with Crippen LogP contribution in [-0.2, 0) is 0 Å². The predicted octanol–water partition coefficient (Wildman–Crippen LogP) is 6.07. The van der Waals surface area contributed by atoms with Crippen LogP contribution in [-0.4, -0.2) is 17.4 Å². The average Bonchev–Trinajstić information content (AvgIpc) is 3.05. The maximum absolute atomic E-state index is 13.2. The van der Waals surface area contributed by atoms with Gasteiger partial charge in [-0.1, -0.05) is 17.7 Å². The van der Waals surface area contributed by atoms with E-state index in [1.54, 1.807) is 24.3 Å². The molecule has 0 fully saturated rings. The van der Waals surface area contributed by atoms with Crippen LogP contribution in [0.5, 0.6) is 0 Å². The van der Waals surface area contributed by atoms with E-state index in [1.165, 1.54) is 36.4 Å². The second kappa shape index (κ2) is 6.94. The molecule has 28 heavy (non-hydrogen) atoms. The predicted molar refractivity (Wildman–Crippen MR) is 104 cm³/mol. The summed E-state index contributed by atoms with van der Waals surface area (Å²) in [6.45, 7) is 0. The third-order valence-corrected chi connectivity index (χ3v) is 4.65. The van der Waals surface area contributed by atoms with Crippen LogP contribution in [0.3, 0.4) is 0 Å². The highest BCUT2D eigenvalue weighted by molar-refractivity contribution is 6.31. The number of carboxylic acid groups (broad SMARTS) is 1. The van der Waals surface area contributed by atoms with Crippen molar-refractivity contribution in [3.8, 4) is 22.5 Å². The molecule has 0 aliphatic heterocycles. The van der Waals surface area contributed by atoms with Gasteiger partial charge < -0.3 is 9.52 Å². The van der Waals surface area contributed by atoms with Gasteiger partial charge in [0.25, 0.3) is 0 Å². The number of rotatable bonds is 4. The van der Waals surface area contributed by atoms with Crippen molar-refractivity contribution in [1.29, 1.82) is 0 Å². The molecule has 0 saturated carbocycles. The topological polar surface area (TPSA) is 67.5 Å². The zero-order valence-electron chi connectivity index (χ0n) is 14.3. The van der Waals surface area contributed by atoms with E-state index in [0.29, 0.717) is 50.3 Å². The van der Waals surface area contributed by atoms with E-state index in [0.717, 1.165) is 0 Å². The first-order valence-electron chi connectivity index (χ1n) is 8.28. The van der Waals surface area contributed by atoms with Gasteiger partial charge in [-0.3, -0.25) is 4.79 Å². The summed E-state index contributed by atoms with van der Waals surface area (Å²) in [5.74, 6) is -1.12. The lowest BCUT2D eigenvalue weighted by Gasteiger charge is -2.05. The largest absolute Gasteiger partial charge is 0.478 e. The Kier molecular flexibility index (Phi) is 4.45. The van der Waals surface area contributed by atoms with E-state index in [9.17, 15) is 19.1 Å². The van der Waals surface area contributed by atoms with E-state index in [4.69, 9.17) is 16.0 Å². The summed E-state index contributed by atoms with van der Waals surface area (Å²) < 4.78 is 19.0. The van der Waals surface area contributed by atoms with Crippen LogP contribution < -0.4 is 0 Å². The molecule has 0 saturated heterocycles. The normalized spacial score (nSPS) is 10.9. The van der Waals surface area contributed by atoms with E-state index in [-0.39, 0.29) is 11.4 Å². The fourth-order valence-electron chi connectivity index (χ4n) is 3.11. The Balaban J connectivity index is 1.89. The molecule has 1 heterocycles. The van der Waals surface area contributed by atoms with E-state index in [2.05, 4.69) is 0 Å². The Hall–Kier alpha value is -3.44. The van der Waals surface area contributed by atoms with Gasteiger partial charge in [-0.05, 0) is 65.7 Å². The number of hydrogen-bond acceptors (Lipinski definition) is 3. The van der Waals surface area contributed by atoms with Crippen molar-refractivity contribution in [2.75, 3.05) is 0 Å². The van der Waals surface area contributed by atoms with Gasteiger partial charge in [-0.2, -0.15) is 0 Å². The summed E-state index contributed by atoms with van der Waals surface area (Å²) in [5.41, 5.74) is 2.77. The molecular formula is C22H12ClFO4. The summed E-state index contributed by atoms with van der Waals surface area (Å²) in [4.78, 5) is 23.0. The summed E-state index contributed by atoms with van der Waals surface area (Å²) in [7, 11) is 0. The second-order valence-corrected chi connectivity index (χ2v) is 6.65. The molecule has 0 unspecified atom stereocenters. The molecule has 4 rings (SSSR count). The number of halogens is 2. The minimum absolute atomic E-state index is 0.0670. The molecule has 138 valence electrons. The van der Waals surface area contributed by atoms with Crippen LogP contribution in [0.2, 0.25) is 5.02 Å². The fourth-order valence-corrected chi connectivity index (χ4v) is 3.34. The second-order valence-electron chi connectivity index (χ2n) is 6.21. The number of aldehydes is 1. The first-order valence-corrected chi connectivity index (χ1v) is 8.66. The molecule has 4 nitrogen and oxygen atoms in total. The van der Waals surface area contributed by atoms with E-state index < -0.39 is 5.97 Å². The Morgan fingerprint density at radius 2 is 1.68 bits per heavy atom. The molecule has 0 amide bonds. The number of hydrogen-bond donors (Lipinski definition) is 1. The molecular weight excluding hydrogens is 383 g/mol. The monoisotopic (exact) mass is 394 g/mol. The van der Waals surface area contributed by atoms with Crippen molar-refractivity contribution in [1.82, 2.24) is 0 Å². The van der Waals surface area contributed by atoms with Crippen LogP contribution in [0, 0.1) is 5.82 Å². The average molecular weight is 395 g/mol. The maximum atomic E-state index is 13.2. The molecule has 1 aromatic heterocycles. The SMILES string of the molecule is O=Cc1c(-c2ccc(F)cc2)oc2ccc(-c3cc(Cl)cc(C(=O)O)c3)cc12. The summed E-state index contributed by atoms with van der Waals surface area (Å²) in [6.07, 6.45) is 0.689. The van der Waals surface area contributed by atoms with Gasteiger partial charge in [0.1, 0.15) is 17.2 Å². The van der Waals surface area contributed by atoms with Crippen molar-refractivity contribution < 1.29 is 23.5 Å². The Bertz CT molecular complexity index is 1230. The minimum atomic E-state index is -1.08. The van der Waals surface area contributed by atoms with Crippen LogP contribution in [0.25, 0.3) is 33.4 Å². The number of furan rings is 1. The van der Waals surface area contributed by atoms with Crippen LogP contribution >= 0.6 is 11.6 Å². The quantitative estimate of drug-likeness (QED) is 0.426. The van der Waals surface area contributed by atoms with Crippen molar-refractivity contribution in [2.24, 2.45) is 0 Å². The van der Waals surface area contributed by atoms with Gasteiger partial charge in [0.2, 0.25) is 0 Å². The molecule has 6 heteroatoms. The van der Waals surface area contributed by atoms with Crippen molar-refractivity contribution >= 4 is 34.8 Å². The van der Waals surface area contributed by atoms with E-state index in [1.807, 2.05) is 0 Å². The number of fused-ring (bicyclic) bond motifs is 1. The third-order valence-electron chi connectivity index (χ3n) is 4.43. The first-order chi connectivity index (χ1) is 13.5. The molecule has 1 N–H and O–H groups in total. The lowest BCUT2D eigenvalue weighted by molar-refractivity contribution is 0.0696. The third kappa shape index (κ3) is 3.17. The summed E-state index contributed by atoms with van der Waals surface area (Å²) in [6, 6.07) is 15.4. The van der Waals surface area contributed by atoms with Gasteiger partial charge in [-0.25, -0.2) is 9.18 Å². The van der Waals surface area contributed by atoms with Gasteiger partial charge in [-0.15, -0.1) is 0 Å². The van der Waals surface area contributed by atoms with Crippen LogP contribution in [0.4, 0.5) is 4.39 Å². The molecule has 0 spiro atoms. The Morgan fingerprint density at radius 3 is 2.36 bits per heavy atom. The molecule has 0 radical (unpaired) electrons. The van der Waals surface area contributed by atoms with Crippen molar-refractivity contribution in [3.63, 3.8) is 0 Å². The standard InChI is InChI=1S/C22H12ClFO4/c23-16-8-14(7-15(9-16)22(26)27)13-3-6-20-18(10-13)19(11-25)21(28-20)12-1-4-17(24)5-2-12/h1-11H,(H,26,27). The number of aromatic carboxylic acids is 1. The first kappa shape index (κ1) is 17.9. The Labute approximate surface area is 163 Å². The van der Waals surface area contributed by atoms with Crippen LogP contribution in [0.1, 0.15) is 20.7 Å². The zero-order valence-corrected chi connectivity index (χ0v) is 15.0. The lowest BCUT2D eigenvalue weighted by atomic mass is 9.99. The summed E-state index contributed by atoms with van der Waals surface area (Å²) in [5, 5.41) is 10.1. The molecule has 0 aliphatic rings. The number of carboxylic acids is 1. The highest BCUT2D eigenvalue weighted by atomic mass is 35.5. The maximum Gasteiger partial charge on any atom is 0.335 e.